The molecule has 0 fully saturated rings. The fourth-order valence-electron chi connectivity index (χ4n) is 2.22. The van der Waals surface area contributed by atoms with Crippen LogP contribution in [-0.2, 0) is 0 Å². The molecule has 0 saturated carbocycles. The van der Waals surface area contributed by atoms with Gasteiger partial charge in [0.15, 0.2) is 0 Å². The zero-order valence-electron chi connectivity index (χ0n) is 11.1. The monoisotopic (exact) mass is 277 g/mol. The number of benzene rings is 3. The molecule has 0 spiro atoms. The van der Waals surface area contributed by atoms with Gasteiger partial charge in [-0.25, -0.2) is 0 Å². The molecule has 3 aromatic carbocycles. The lowest BCUT2D eigenvalue weighted by molar-refractivity contribution is 1.29. The zero-order valence-corrected chi connectivity index (χ0v) is 12.3. The Morgan fingerprint density at radius 2 is 0.900 bits per heavy atom. The van der Waals surface area contributed by atoms with Gasteiger partial charge >= 0.3 is 0 Å². The molecule has 1 nitrogen and oxygen atoms in total. The minimum Gasteiger partial charge on any atom is -0.311 e. The Balaban J connectivity index is 2.11. The standard InChI is InChI=1S/C18H16NP/c20-18-13-11-17(12-14-18)19(15-7-3-1-4-8-15)16-9-5-2-6-10-16/h1-14H,20H2. The summed E-state index contributed by atoms with van der Waals surface area (Å²) >= 11 is 0. The van der Waals surface area contributed by atoms with E-state index < -0.39 is 0 Å². The topological polar surface area (TPSA) is 3.24 Å². The highest BCUT2D eigenvalue weighted by Gasteiger charge is 2.10. The number of hydrogen-bond acceptors (Lipinski definition) is 1. The summed E-state index contributed by atoms with van der Waals surface area (Å²) in [5.74, 6) is 0. The van der Waals surface area contributed by atoms with Crippen LogP contribution in [0.15, 0.2) is 84.9 Å². The summed E-state index contributed by atoms with van der Waals surface area (Å²) in [6.07, 6.45) is 0. The van der Waals surface area contributed by atoms with Gasteiger partial charge < -0.3 is 4.90 Å². The summed E-state index contributed by atoms with van der Waals surface area (Å²) in [7, 11) is 2.72. The van der Waals surface area contributed by atoms with Crippen molar-refractivity contribution in [1.29, 1.82) is 0 Å². The number of rotatable bonds is 3. The van der Waals surface area contributed by atoms with Gasteiger partial charge in [-0.1, -0.05) is 48.5 Å². The highest BCUT2D eigenvalue weighted by atomic mass is 31.0. The summed E-state index contributed by atoms with van der Waals surface area (Å²) < 4.78 is 0. The van der Waals surface area contributed by atoms with Gasteiger partial charge in [-0.05, 0) is 41.7 Å². The van der Waals surface area contributed by atoms with Crippen LogP contribution in [0.3, 0.4) is 0 Å². The number of hydrogen-bond donors (Lipinski definition) is 0. The van der Waals surface area contributed by atoms with Crippen LogP contribution in [0.2, 0.25) is 0 Å². The number of nitrogens with zero attached hydrogens (tertiary/aromatic N) is 1. The summed E-state index contributed by atoms with van der Waals surface area (Å²) in [6, 6.07) is 29.3. The lowest BCUT2D eigenvalue weighted by atomic mass is 10.2. The largest absolute Gasteiger partial charge is 0.311 e. The molecule has 2 heteroatoms. The molecule has 1 unspecified atom stereocenters. The molecule has 98 valence electrons. The Morgan fingerprint density at radius 3 is 1.35 bits per heavy atom. The fraction of sp³-hybridized carbons (Fsp3) is 0. The van der Waals surface area contributed by atoms with Crippen molar-refractivity contribution in [3.05, 3.63) is 84.9 Å². The van der Waals surface area contributed by atoms with E-state index >= 15 is 0 Å². The minimum absolute atomic E-state index is 1.16. The third-order valence-corrected chi connectivity index (χ3v) is 3.56. The van der Waals surface area contributed by atoms with E-state index in [1.54, 1.807) is 0 Å². The number of anilines is 3. The van der Waals surface area contributed by atoms with Crippen molar-refractivity contribution in [3.63, 3.8) is 0 Å². The van der Waals surface area contributed by atoms with Crippen LogP contribution in [-0.4, -0.2) is 0 Å². The second-order valence-electron chi connectivity index (χ2n) is 4.60. The van der Waals surface area contributed by atoms with E-state index in [9.17, 15) is 0 Å². The van der Waals surface area contributed by atoms with Gasteiger partial charge in [0.2, 0.25) is 0 Å². The summed E-state index contributed by atoms with van der Waals surface area (Å²) in [5, 5.41) is 1.19. The van der Waals surface area contributed by atoms with Crippen molar-refractivity contribution in [1.82, 2.24) is 0 Å². The van der Waals surface area contributed by atoms with E-state index in [0.29, 0.717) is 0 Å². The first-order valence-corrected chi connectivity index (χ1v) is 7.18. The Kier molecular flexibility index (Phi) is 3.80. The minimum atomic E-state index is 1.16. The van der Waals surface area contributed by atoms with Crippen LogP contribution >= 0.6 is 9.24 Å². The van der Waals surface area contributed by atoms with Gasteiger partial charge in [0, 0.05) is 17.1 Å². The van der Waals surface area contributed by atoms with Crippen molar-refractivity contribution in [2.24, 2.45) is 0 Å². The van der Waals surface area contributed by atoms with Gasteiger partial charge in [0.25, 0.3) is 0 Å². The molecule has 0 heterocycles. The first-order chi connectivity index (χ1) is 9.84. The quantitative estimate of drug-likeness (QED) is 0.629. The number of para-hydroxylation sites is 2. The van der Waals surface area contributed by atoms with Crippen molar-refractivity contribution in [2.75, 3.05) is 4.90 Å². The lowest BCUT2D eigenvalue weighted by Crippen LogP contribution is -2.10. The van der Waals surface area contributed by atoms with Crippen molar-refractivity contribution < 1.29 is 0 Å². The molecular weight excluding hydrogens is 261 g/mol. The molecule has 0 aromatic heterocycles. The fourth-order valence-corrected chi connectivity index (χ4v) is 2.42. The van der Waals surface area contributed by atoms with Crippen molar-refractivity contribution in [2.45, 2.75) is 0 Å². The van der Waals surface area contributed by atoms with Gasteiger partial charge in [-0.15, -0.1) is 9.24 Å². The van der Waals surface area contributed by atoms with E-state index in [0.717, 1.165) is 17.1 Å². The van der Waals surface area contributed by atoms with E-state index in [2.05, 4.69) is 86.9 Å². The molecule has 0 bridgehead atoms. The highest BCUT2D eigenvalue weighted by Crippen LogP contribution is 2.33. The maximum atomic E-state index is 2.72. The molecule has 0 amide bonds. The van der Waals surface area contributed by atoms with E-state index in [1.807, 2.05) is 12.1 Å². The second kappa shape index (κ2) is 5.90. The molecule has 0 aliphatic heterocycles. The van der Waals surface area contributed by atoms with Crippen molar-refractivity contribution >= 4 is 31.6 Å². The van der Waals surface area contributed by atoms with Gasteiger partial charge in [0.1, 0.15) is 0 Å². The van der Waals surface area contributed by atoms with E-state index in [-0.39, 0.29) is 0 Å². The van der Waals surface area contributed by atoms with Crippen LogP contribution in [0.25, 0.3) is 0 Å². The van der Waals surface area contributed by atoms with Gasteiger partial charge in [-0.2, -0.15) is 0 Å². The van der Waals surface area contributed by atoms with Crippen LogP contribution < -0.4 is 10.2 Å². The third kappa shape index (κ3) is 2.74. The predicted molar refractivity (Wildman–Crippen MR) is 90.5 cm³/mol. The normalized spacial score (nSPS) is 10.2. The van der Waals surface area contributed by atoms with Crippen LogP contribution in [0.4, 0.5) is 17.1 Å². The molecule has 0 aliphatic rings. The van der Waals surface area contributed by atoms with E-state index in [4.69, 9.17) is 0 Å². The summed E-state index contributed by atoms with van der Waals surface area (Å²) in [5.41, 5.74) is 3.49. The summed E-state index contributed by atoms with van der Waals surface area (Å²) in [6.45, 7) is 0. The molecule has 3 rings (SSSR count). The molecule has 0 saturated heterocycles. The van der Waals surface area contributed by atoms with Crippen LogP contribution in [0, 0.1) is 0 Å². The Bertz CT molecular complexity index is 623. The molecule has 0 radical (unpaired) electrons. The van der Waals surface area contributed by atoms with Crippen molar-refractivity contribution in [3.8, 4) is 0 Å². The molecular formula is C18H16NP. The maximum Gasteiger partial charge on any atom is 0.0462 e. The Hall–Kier alpha value is -2.11. The molecule has 3 aromatic rings. The lowest BCUT2D eigenvalue weighted by Gasteiger charge is -2.25. The van der Waals surface area contributed by atoms with Gasteiger partial charge in [-0.3, -0.25) is 0 Å². The molecule has 20 heavy (non-hydrogen) atoms. The zero-order chi connectivity index (χ0) is 13.8. The van der Waals surface area contributed by atoms with E-state index in [1.165, 1.54) is 5.30 Å². The second-order valence-corrected chi connectivity index (χ2v) is 5.26. The third-order valence-electron chi connectivity index (χ3n) is 3.18. The maximum absolute atomic E-state index is 2.72. The Labute approximate surface area is 122 Å². The first kappa shape index (κ1) is 12.9. The predicted octanol–water partition coefficient (Wildman–Crippen LogP) is 4.66. The summed E-state index contributed by atoms with van der Waals surface area (Å²) in [4.78, 5) is 2.25. The molecule has 0 N–H and O–H groups in total. The van der Waals surface area contributed by atoms with Crippen LogP contribution in [0.1, 0.15) is 0 Å². The average Bonchev–Trinajstić information content (AvgIpc) is 2.52. The highest BCUT2D eigenvalue weighted by molar-refractivity contribution is 7.27. The van der Waals surface area contributed by atoms with Crippen LogP contribution in [0.5, 0.6) is 0 Å². The smallest absolute Gasteiger partial charge is 0.0462 e. The molecule has 0 aliphatic carbocycles. The Morgan fingerprint density at radius 1 is 0.500 bits per heavy atom. The molecule has 1 atom stereocenters. The average molecular weight is 277 g/mol. The van der Waals surface area contributed by atoms with Gasteiger partial charge in [0.05, 0.1) is 0 Å². The SMILES string of the molecule is Pc1ccc(N(c2ccccc2)c2ccccc2)cc1. The first-order valence-electron chi connectivity index (χ1n) is 6.60.